The zero-order valence-electron chi connectivity index (χ0n) is 7.81. The highest BCUT2D eigenvalue weighted by atomic mass is 32.2. The lowest BCUT2D eigenvalue weighted by Crippen LogP contribution is -2.32. The smallest absolute Gasteiger partial charge is 0.321 e. The molecule has 0 aliphatic heterocycles. The van der Waals surface area contributed by atoms with Crippen molar-refractivity contribution < 1.29 is 14.3 Å². The van der Waals surface area contributed by atoms with Crippen molar-refractivity contribution in [2.45, 2.75) is 10.9 Å². The Morgan fingerprint density at radius 2 is 2.27 bits per heavy atom. The van der Waals surface area contributed by atoms with Gasteiger partial charge < -0.3 is 16.6 Å². The molecule has 0 bridgehead atoms. The summed E-state index contributed by atoms with van der Waals surface area (Å²) in [5.74, 6) is -1.28. The first-order valence-corrected chi connectivity index (χ1v) is 5.15. The van der Waals surface area contributed by atoms with E-state index in [1.807, 2.05) is 0 Å². The number of rotatable bonds is 4. The van der Waals surface area contributed by atoms with Crippen molar-refractivity contribution in [2.75, 3.05) is 11.5 Å². The van der Waals surface area contributed by atoms with Crippen LogP contribution in [0.15, 0.2) is 23.1 Å². The number of carboxylic acid groups (broad SMARTS) is 1. The minimum Gasteiger partial charge on any atom is -0.480 e. The molecule has 0 saturated carbocycles. The van der Waals surface area contributed by atoms with Crippen LogP contribution in [-0.4, -0.2) is 22.9 Å². The SMILES string of the molecule is Nc1cc(F)ccc1SCC(N)C(=O)O. The van der Waals surface area contributed by atoms with E-state index in [4.69, 9.17) is 16.6 Å². The predicted molar refractivity (Wildman–Crippen MR) is 57.1 cm³/mol. The number of carboxylic acids is 1. The Balaban J connectivity index is 2.62. The second-order valence-corrected chi connectivity index (χ2v) is 4.00. The number of halogens is 1. The van der Waals surface area contributed by atoms with E-state index in [9.17, 15) is 9.18 Å². The Bertz CT molecular complexity index is 373. The number of carbonyl (C=O) groups is 1. The average Bonchev–Trinajstić information content (AvgIpc) is 2.15. The Labute approximate surface area is 90.5 Å². The highest BCUT2D eigenvalue weighted by Crippen LogP contribution is 2.25. The molecule has 0 spiro atoms. The van der Waals surface area contributed by atoms with Crippen LogP contribution in [0.3, 0.4) is 0 Å². The fourth-order valence-corrected chi connectivity index (χ4v) is 1.79. The lowest BCUT2D eigenvalue weighted by atomic mass is 10.3. The second kappa shape index (κ2) is 4.99. The molecule has 0 radical (unpaired) electrons. The number of nitrogen functional groups attached to an aromatic ring is 1. The number of hydrogen-bond donors (Lipinski definition) is 3. The van der Waals surface area contributed by atoms with Crippen molar-refractivity contribution in [3.63, 3.8) is 0 Å². The van der Waals surface area contributed by atoms with Crippen LogP contribution in [0.2, 0.25) is 0 Å². The first-order chi connectivity index (χ1) is 7.00. The molecule has 0 amide bonds. The third-order valence-electron chi connectivity index (χ3n) is 1.71. The maximum Gasteiger partial charge on any atom is 0.321 e. The molecule has 1 unspecified atom stereocenters. The van der Waals surface area contributed by atoms with Crippen molar-refractivity contribution in [3.05, 3.63) is 24.0 Å². The molecule has 0 aliphatic carbocycles. The second-order valence-electron chi connectivity index (χ2n) is 2.94. The van der Waals surface area contributed by atoms with Crippen LogP contribution >= 0.6 is 11.8 Å². The fraction of sp³-hybridized carbons (Fsp3) is 0.222. The van der Waals surface area contributed by atoms with Gasteiger partial charge in [0.2, 0.25) is 0 Å². The molecule has 82 valence electrons. The zero-order chi connectivity index (χ0) is 11.4. The third-order valence-corrected chi connectivity index (χ3v) is 2.92. The normalized spacial score (nSPS) is 12.4. The number of aliphatic carboxylic acids is 1. The summed E-state index contributed by atoms with van der Waals surface area (Å²) in [4.78, 5) is 11.1. The Hall–Kier alpha value is -1.27. The van der Waals surface area contributed by atoms with Gasteiger partial charge in [0.15, 0.2) is 0 Å². The maximum atomic E-state index is 12.7. The summed E-state index contributed by atoms with van der Waals surface area (Å²) in [5.41, 5.74) is 11.1. The molecule has 0 saturated heterocycles. The van der Waals surface area contributed by atoms with Crippen LogP contribution in [0.1, 0.15) is 0 Å². The number of hydrogen-bond acceptors (Lipinski definition) is 4. The summed E-state index contributed by atoms with van der Waals surface area (Å²) in [6.07, 6.45) is 0. The van der Waals surface area contributed by atoms with E-state index < -0.39 is 17.8 Å². The van der Waals surface area contributed by atoms with Crippen molar-refractivity contribution in [1.29, 1.82) is 0 Å². The van der Waals surface area contributed by atoms with E-state index in [2.05, 4.69) is 0 Å². The van der Waals surface area contributed by atoms with Gasteiger partial charge in [0.1, 0.15) is 11.9 Å². The highest BCUT2D eigenvalue weighted by Gasteiger charge is 2.12. The number of anilines is 1. The molecule has 0 fully saturated rings. The van der Waals surface area contributed by atoms with Crippen molar-refractivity contribution >= 4 is 23.4 Å². The molecule has 0 heterocycles. The summed E-state index contributed by atoms with van der Waals surface area (Å²) in [7, 11) is 0. The molecule has 4 nitrogen and oxygen atoms in total. The van der Waals surface area contributed by atoms with Gasteiger partial charge in [-0.15, -0.1) is 11.8 Å². The summed E-state index contributed by atoms with van der Waals surface area (Å²) in [6.45, 7) is 0. The first-order valence-electron chi connectivity index (χ1n) is 4.17. The van der Waals surface area contributed by atoms with Gasteiger partial charge >= 0.3 is 5.97 Å². The van der Waals surface area contributed by atoms with Gasteiger partial charge in [0.25, 0.3) is 0 Å². The van der Waals surface area contributed by atoms with E-state index in [1.54, 1.807) is 0 Å². The van der Waals surface area contributed by atoms with Gasteiger partial charge in [-0.1, -0.05) is 0 Å². The topological polar surface area (TPSA) is 89.3 Å². The molecule has 5 N–H and O–H groups in total. The molecule has 1 rings (SSSR count). The maximum absolute atomic E-state index is 12.7. The first kappa shape index (κ1) is 11.8. The van der Waals surface area contributed by atoms with Crippen LogP contribution in [0.25, 0.3) is 0 Å². The number of benzene rings is 1. The van der Waals surface area contributed by atoms with Gasteiger partial charge in [-0.3, -0.25) is 4.79 Å². The van der Waals surface area contributed by atoms with E-state index in [-0.39, 0.29) is 11.4 Å². The standard InChI is InChI=1S/C9H11FN2O2S/c10-5-1-2-8(6(11)3-5)15-4-7(12)9(13)14/h1-3,7H,4,11-12H2,(H,13,14). The van der Waals surface area contributed by atoms with Crippen molar-refractivity contribution in [1.82, 2.24) is 0 Å². The molecule has 1 aromatic rings. The van der Waals surface area contributed by atoms with Crippen LogP contribution in [0, 0.1) is 5.82 Å². The molecular formula is C9H11FN2O2S. The molecule has 6 heteroatoms. The van der Waals surface area contributed by atoms with Crippen LogP contribution < -0.4 is 11.5 Å². The average molecular weight is 230 g/mol. The molecule has 1 aromatic carbocycles. The summed E-state index contributed by atoms with van der Waals surface area (Å²) in [6, 6.07) is 3.02. The van der Waals surface area contributed by atoms with Gasteiger partial charge in [0, 0.05) is 16.3 Å². The lowest BCUT2D eigenvalue weighted by molar-refractivity contribution is -0.137. The Kier molecular flexibility index (Phi) is 3.93. The molecule has 0 aromatic heterocycles. The van der Waals surface area contributed by atoms with E-state index in [1.165, 1.54) is 30.0 Å². The van der Waals surface area contributed by atoms with Gasteiger partial charge in [-0.2, -0.15) is 0 Å². The van der Waals surface area contributed by atoms with Crippen LogP contribution in [0.5, 0.6) is 0 Å². The molecule has 1 atom stereocenters. The minimum absolute atomic E-state index is 0.200. The summed E-state index contributed by atoms with van der Waals surface area (Å²) >= 11 is 1.19. The van der Waals surface area contributed by atoms with Crippen LogP contribution in [-0.2, 0) is 4.79 Å². The van der Waals surface area contributed by atoms with Crippen molar-refractivity contribution in [3.8, 4) is 0 Å². The third kappa shape index (κ3) is 3.41. The zero-order valence-corrected chi connectivity index (χ0v) is 8.63. The Morgan fingerprint density at radius 3 is 2.80 bits per heavy atom. The quantitative estimate of drug-likeness (QED) is 0.528. The van der Waals surface area contributed by atoms with E-state index in [0.717, 1.165) is 0 Å². The lowest BCUT2D eigenvalue weighted by Gasteiger charge is -2.07. The Morgan fingerprint density at radius 1 is 1.60 bits per heavy atom. The fourth-order valence-electron chi connectivity index (χ4n) is 0.902. The molecule has 15 heavy (non-hydrogen) atoms. The predicted octanol–water partition coefficient (Wildman–Crippen LogP) is 0.912. The summed E-state index contributed by atoms with van der Waals surface area (Å²) in [5, 5.41) is 8.54. The monoisotopic (exact) mass is 230 g/mol. The summed E-state index contributed by atoms with van der Waals surface area (Å²) < 4.78 is 12.7. The molecule has 0 aliphatic rings. The van der Waals surface area contributed by atoms with Crippen molar-refractivity contribution in [2.24, 2.45) is 5.73 Å². The van der Waals surface area contributed by atoms with Gasteiger partial charge in [-0.25, -0.2) is 4.39 Å². The van der Waals surface area contributed by atoms with Gasteiger partial charge in [0.05, 0.1) is 0 Å². The van der Waals surface area contributed by atoms with Crippen LogP contribution in [0.4, 0.5) is 10.1 Å². The van der Waals surface area contributed by atoms with Gasteiger partial charge in [-0.05, 0) is 18.2 Å². The number of thioether (sulfide) groups is 1. The largest absolute Gasteiger partial charge is 0.480 e. The van der Waals surface area contributed by atoms with E-state index >= 15 is 0 Å². The minimum atomic E-state index is -1.07. The number of nitrogens with two attached hydrogens (primary N) is 2. The highest BCUT2D eigenvalue weighted by molar-refractivity contribution is 7.99. The van der Waals surface area contributed by atoms with E-state index in [0.29, 0.717) is 4.90 Å². The molecular weight excluding hydrogens is 219 g/mol.